The van der Waals surface area contributed by atoms with Crippen LogP contribution in [0.15, 0.2) is 0 Å². The number of hydrogen-bond acceptors (Lipinski definition) is 3. The van der Waals surface area contributed by atoms with Gasteiger partial charge >= 0.3 is 6.09 Å². The average molecular weight is 373 g/mol. The van der Waals surface area contributed by atoms with E-state index in [0.29, 0.717) is 11.3 Å². The summed E-state index contributed by atoms with van der Waals surface area (Å²) in [4.78, 5) is 14.0. The Morgan fingerprint density at radius 1 is 1.16 bits per heavy atom. The first-order valence-electron chi connectivity index (χ1n) is 9.47. The largest absolute Gasteiger partial charge is 0.444 e. The molecule has 0 aromatic heterocycles. The zero-order chi connectivity index (χ0) is 19.0. The van der Waals surface area contributed by atoms with Gasteiger partial charge in [-0.15, -0.1) is 0 Å². The first-order chi connectivity index (χ1) is 11.3. The van der Waals surface area contributed by atoms with Crippen molar-refractivity contribution in [3.8, 4) is 0 Å². The number of rotatable bonds is 3. The summed E-state index contributed by atoms with van der Waals surface area (Å²) in [5, 5.41) is 0. The molecule has 25 heavy (non-hydrogen) atoms. The van der Waals surface area contributed by atoms with E-state index in [9.17, 15) is 9.00 Å². The lowest BCUT2D eigenvalue weighted by molar-refractivity contribution is -0.0332. The Bertz CT molecular complexity index is 506. The molecule has 1 aliphatic carbocycles. The summed E-state index contributed by atoms with van der Waals surface area (Å²) in [7, 11) is -1.01. The summed E-state index contributed by atoms with van der Waals surface area (Å²) in [6, 6.07) is 0.273. The standard InChI is InChI=1S/C19H36N2O3S/c1-14(20-25(23)18(5,6)7)15-12-19(13-15)8-10-21(11-9-19)16(22)24-17(2,3)4/h14-15,20H,8-13H2,1-7H3/t14-,25?/m0/s1. The molecule has 2 atom stereocenters. The summed E-state index contributed by atoms with van der Waals surface area (Å²) in [6.45, 7) is 15.4. The SMILES string of the molecule is C[C@H](NS(=O)C(C)(C)C)C1CC2(CCN(C(=O)OC(C)(C)C)CC2)C1. The third-order valence-electron chi connectivity index (χ3n) is 5.42. The zero-order valence-electron chi connectivity index (χ0n) is 17.0. The molecular formula is C19H36N2O3S. The van der Waals surface area contributed by atoms with Crippen LogP contribution in [0.3, 0.4) is 0 Å². The average Bonchev–Trinajstić information content (AvgIpc) is 2.41. The Kier molecular flexibility index (Phi) is 5.94. The van der Waals surface area contributed by atoms with Gasteiger partial charge in [0.1, 0.15) is 5.60 Å². The van der Waals surface area contributed by atoms with E-state index in [0.717, 1.165) is 25.9 Å². The van der Waals surface area contributed by atoms with Crippen molar-refractivity contribution in [2.45, 2.75) is 90.5 Å². The fraction of sp³-hybridized carbons (Fsp3) is 0.947. The van der Waals surface area contributed by atoms with Crippen LogP contribution < -0.4 is 4.72 Å². The summed E-state index contributed by atoms with van der Waals surface area (Å²) in [6.07, 6.45) is 4.26. The Balaban J connectivity index is 1.77. The fourth-order valence-corrected chi connectivity index (χ4v) is 4.63. The van der Waals surface area contributed by atoms with E-state index in [1.165, 1.54) is 12.8 Å². The lowest BCUT2D eigenvalue weighted by Gasteiger charge is -2.54. The molecule has 1 N–H and O–H groups in total. The smallest absolute Gasteiger partial charge is 0.410 e. The molecule has 0 aromatic carbocycles. The molecule has 0 aromatic rings. The van der Waals surface area contributed by atoms with Gasteiger partial charge in [-0.3, -0.25) is 0 Å². The first-order valence-corrected chi connectivity index (χ1v) is 10.6. The number of piperidine rings is 1. The molecule has 2 rings (SSSR count). The Hall–Kier alpha value is -0.620. The molecule has 2 aliphatic rings. The van der Waals surface area contributed by atoms with E-state index in [1.807, 2.05) is 46.4 Å². The number of carbonyl (C=O) groups excluding carboxylic acids is 1. The van der Waals surface area contributed by atoms with Crippen LogP contribution in [-0.2, 0) is 15.7 Å². The van der Waals surface area contributed by atoms with E-state index in [2.05, 4.69) is 11.6 Å². The van der Waals surface area contributed by atoms with Crippen LogP contribution in [-0.4, -0.2) is 44.7 Å². The number of nitrogens with one attached hydrogen (secondary N) is 1. The molecule has 1 spiro atoms. The van der Waals surface area contributed by atoms with Crippen LogP contribution in [0.1, 0.15) is 74.1 Å². The number of amides is 1. The van der Waals surface area contributed by atoms with Crippen LogP contribution in [0, 0.1) is 11.3 Å². The maximum absolute atomic E-state index is 12.3. The van der Waals surface area contributed by atoms with Crippen molar-refractivity contribution in [1.82, 2.24) is 9.62 Å². The van der Waals surface area contributed by atoms with Gasteiger partial charge in [0.25, 0.3) is 0 Å². The second-order valence-corrected chi connectivity index (χ2v) is 11.9. The Morgan fingerprint density at radius 3 is 2.12 bits per heavy atom. The molecule has 1 amide bonds. The molecule has 1 saturated heterocycles. The molecular weight excluding hydrogens is 336 g/mol. The number of nitrogens with zero attached hydrogens (tertiary/aromatic N) is 1. The normalized spacial score (nSPS) is 23.9. The molecule has 5 nitrogen and oxygen atoms in total. The van der Waals surface area contributed by atoms with Gasteiger partial charge in [-0.1, -0.05) is 0 Å². The lowest BCUT2D eigenvalue weighted by Crippen LogP contribution is -2.54. The van der Waals surface area contributed by atoms with Crippen molar-refractivity contribution in [3.05, 3.63) is 0 Å². The Morgan fingerprint density at radius 2 is 1.68 bits per heavy atom. The van der Waals surface area contributed by atoms with E-state index in [1.54, 1.807) is 0 Å². The van der Waals surface area contributed by atoms with Gasteiger partial charge in [0.15, 0.2) is 0 Å². The molecule has 6 heteroatoms. The van der Waals surface area contributed by atoms with E-state index >= 15 is 0 Å². The highest BCUT2D eigenvalue weighted by Crippen LogP contribution is 2.53. The molecule has 146 valence electrons. The van der Waals surface area contributed by atoms with Crippen LogP contribution in [0.2, 0.25) is 0 Å². The number of ether oxygens (including phenoxy) is 1. The minimum atomic E-state index is -1.01. The van der Waals surface area contributed by atoms with Gasteiger partial charge in [-0.05, 0) is 85.5 Å². The van der Waals surface area contributed by atoms with Gasteiger partial charge in [0, 0.05) is 19.1 Å². The highest BCUT2D eigenvalue weighted by Gasteiger charge is 2.48. The van der Waals surface area contributed by atoms with Crippen molar-refractivity contribution in [2.75, 3.05) is 13.1 Å². The van der Waals surface area contributed by atoms with Crippen LogP contribution in [0.25, 0.3) is 0 Å². The highest BCUT2D eigenvalue weighted by molar-refractivity contribution is 7.84. The van der Waals surface area contributed by atoms with Gasteiger partial charge < -0.3 is 9.64 Å². The van der Waals surface area contributed by atoms with Crippen LogP contribution >= 0.6 is 0 Å². The van der Waals surface area contributed by atoms with Crippen LogP contribution in [0.4, 0.5) is 4.79 Å². The Labute approximate surface area is 155 Å². The number of hydrogen-bond donors (Lipinski definition) is 1. The first kappa shape index (κ1) is 20.7. The molecule has 0 radical (unpaired) electrons. The maximum Gasteiger partial charge on any atom is 0.410 e. The van der Waals surface area contributed by atoms with Crippen molar-refractivity contribution < 1.29 is 13.7 Å². The third kappa shape index (κ3) is 5.43. The van der Waals surface area contributed by atoms with Crippen molar-refractivity contribution >= 4 is 17.1 Å². The summed E-state index contributed by atoms with van der Waals surface area (Å²) < 4.78 is 20.8. The minimum absolute atomic E-state index is 0.186. The highest BCUT2D eigenvalue weighted by atomic mass is 32.2. The quantitative estimate of drug-likeness (QED) is 0.818. The van der Waals surface area contributed by atoms with E-state index in [-0.39, 0.29) is 16.9 Å². The molecule has 2 fully saturated rings. The monoisotopic (exact) mass is 372 g/mol. The number of likely N-dealkylation sites (tertiary alicyclic amines) is 1. The molecule has 1 unspecified atom stereocenters. The van der Waals surface area contributed by atoms with Gasteiger partial charge in [-0.25, -0.2) is 13.7 Å². The molecule has 1 saturated carbocycles. The second-order valence-electron chi connectivity index (χ2n) is 9.92. The van der Waals surface area contributed by atoms with Crippen molar-refractivity contribution in [2.24, 2.45) is 11.3 Å². The minimum Gasteiger partial charge on any atom is -0.444 e. The fourth-order valence-electron chi connectivity index (χ4n) is 3.75. The van der Waals surface area contributed by atoms with E-state index < -0.39 is 16.6 Å². The summed E-state index contributed by atoms with van der Waals surface area (Å²) in [5.41, 5.74) is -0.0556. The predicted molar refractivity (Wildman–Crippen MR) is 103 cm³/mol. The lowest BCUT2D eigenvalue weighted by atomic mass is 9.56. The predicted octanol–water partition coefficient (Wildman–Crippen LogP) is 3.85. The molecule has 1 heterocycles. The van der Waals surface area contributed by atoms with Gasteiger partial charge in [0.05, 0.1) is 15.7 Å². The number of carbonyl (C=O) groups is 1. The topological polar surface area (TPSA) is 58.6 Å². The summed E-state index contributed by atoms with van der Waals surface area (Å²) in [5.74, 6) is 0.583. The maximum atomic E-state index is 12.3. The molecule has 1 aliphatic heterocycles. The summed E-state index contributed by atoms with van der Waals surface area (Å²) >= 11 is 0. The molecule has 0 bridgehead atoms. The zero-order valence-corrected chi connectivity index (χ0v) is 17.8. The van der Waals surface area contributed by atoms with E-state index in [4.69, 9.17) is 4.74 Å². The second kappa shape index (κ2) is 7.18. The van der Waals surface area contributed by atoms with Crippen molar-refractivity contribution in [1.29, 1.82) is 0 Å². The van der Waals surface area contributed by atoms with Gasteiger partial charge in [-0.2, -0.15) is 0 Å². The van der Waals surface area contributed by atoms with Crippen molar-refractivity contribution in [3.63, 3.8) is 0 Å². The van der Waals surface area contributed by atoms with Crippen LogP contribution in [0.5, 0.6) is 0 Å². The van der Waals surface area contributed by atoms with Gasteiger partial charge in [0.2, 0.25) is 0 Å². The third-order valence-corrected chi connectivity index (χ3v) is 7.12.